The molecule has 152 valence electrons. The third-order valence-electron chi connectivity index (χ3n) is 5.71. The number of rotatable bonds is 6. The Morgan fingerprint density at radius 2 is 2.03 bits per heavy atom. The number of benzene rings is 1. The Morgan fingerprint density at radius 3 is 2.72 bits per heavy atom. The second-order valence-electron chi connectivity index (χ2n) is 7.37. The van der Waals surface area contributed by atoms with E-state index in [1.54, 1.807) is 11.3 Å². The van der Waals surface area contributed by atoms with Crippen LogP contribution in [-0.2, 0) is 15.1 Å². The van der Waals surface area contributed by atoms with Gasteiger partial charge in [0.05, 0.1) is 6.54 Å². The lowest BCUT2D eigenvalue weighted by atomic mass is 9.87. The van der Waals surface area contributed by atoms with Gasteiger partial charge in [0.1, 0.15) is 5.54 Å². The van der Waals surface area contributed by atoms with Crippen molar-refractivity contribution in [2.75, 3.05) is 13.1 Å². The molecule has 8 heteroatoms. The number of imide groups is 1. The molecule has 2 N–H and O–H groups in total. The largest absolute Gasteiger partial charge is 0.344 e. The van der Waals surface area contributed by atoms with Crippen molar-refractivity contribution in [2.45, 2.75) is 37.8 Å². The van der Waals surface area contributed by atoms with Crippen molar-refractivity contribution in [1.82, 2.24) is 20.7 Å². The van der Waals surface area contributed by atoms with Gasteiger partial charge < -0.3 is 5.32 Å². The molecular formula is C21H24N4O3S. The highest BCUT2D eigenvalue weighted by Crippen LogP contribution is 2.34. The zero-order valence-corrected chi connectivity index (χ0v) is 17.1. The fraction of sp³-hybridized carbons (Fsp3) is 0.381. The minimum Gasteiger partial charge on any atom is -0.318 e. The zero-order chi connectivity index (χ0) is 20.4. The third-order valence-corrected chi connectivity index (χ3v) is 6.68. The Labute approximate surface area is 173 Å². The lowest BCUT2D eigenvalue weighted by Gasteiger charge is -2.26. The lowest BCUT2D eigenvalue weighted by Crippen LogP contribution is -2.51. The number of urea groups is 1. The summed E-state index contributed by atoms with van der Waals surface area (Å²) in [6, 6.07) is 12.8. The SMILES string of the molecule is CC[C@@]1(c2ccccc2)NC(=O)N(NC(=O)CN2CCC[C@H]2c2cccs2)C1=O. The van der Waals surface area contributed by atoms with Crippen LogP contribution in [0.3, 0.4) is 0 Å². The number of nitrogens with zero attached hydrogens (tertiary/aromatic N) is 2. The van der Waals surface area contributed by atoms with E-state index in [4.69, 9.17) is 0 Å². The average Bonchev–Trinajstić information content (AvgIpc) is 3.45. The minimum absolute atomic E-state index is 0.143. The molecular weight excluding hydrogens is 388 g/mol. The number of nitrogens with one attached hydrogen (secondary N) is 2. The van der Waals surface area contributed by atoms with Crippen LogP contribution in [0.4, 0.5) is 4.79 Å². The summed E-state index contributed by atoms with van der Waals surface area (Å²) in [5.41, 5.74) is 2.07. The van der Waals surface area contributed by atoms with Crippen LogP contribution in [0.2, 0.25) is 0 Å². The highest BCUT2D eigenvalue weighted by atomic mass is 32.1. The van der Waals surface area contributed by atoms with Crippen LogP contribution in [-0.4, -0.2) is 40.8 Å². The van der Waals surface area contributed by atoms with Gasteiger partial charge in [0.25, 0.3) is 11.8 Å². The van der Waals surface area contributed by atoms with E-state index in [9.17, 15) is 14.4 Å². The Hall–Kier alpha value is -2.71. The molecule has 3 heterocycles. The number of hydrogen-bond acceptors (Lipinski definition) is 5. The van der Waals surface area contributed by atoms with Gasteiger partial charge in [0, 0.05) is 10.9 Å². The first-order valence-corrected chi connectivity index (χ1v) is 10.7. The van der Waals surface area contributed by atoms with E-state index < -0.39 is 17.5 Å². The first kappa shape index (κ1) is 19.6. The summed E-state index contributed by atoms with van der Waals surface area (Å²) < 4.78 is 0. The van der Waals surface area contributed by atoms with Crippen molar-refractivity contribution in [1.29, 1.82) is 0 Å². The first-order valence-electron chi connectivity index (χ1n) is 9.84. The molecule has 2 aliphatic rings. The molecule has 2 aromatic rings. The fourth-order valence-electron chi connectivity index (χ4n) is 4.20. The van der Waals surface area contributed by atoms with Crippen LogP contribution in [0.15, 0.2) is 47.8 Å². The van der Waals surface area contributed by atoms with Gasteiger partial charge in [-0.05, 0) is 42.8 Å². The quantitative estimate of drug-likeness (QED) is 0.715. The molecule has 0 spiro atoms. The van der Waals surface area contributed by atoms with E-state index in [1.165, 1.54) is 4.88 Å². The minimum atomic E-state index is -1.15. The Kier molecular flexibility index (Phi) is 5.38. The van der Waals surface area contributed by atoms with E-state index in [2.05, 4.69) is 21.7 Å². The van der Waals surface area contributed by atoms with E-state index >= 15 is 0 Å². The molecule has 0 unspecified atom stereocenters. The van der Waals surface area contributed by atoms with E-state index in [-0.39, 0.29) is 18.5 Å². The summed E-state index contributed by atoms with van der Waals surface area (Å²) in [5, 5.41) is 5.64. The fourth-order valence-corrected chi connectivity index (χ4v) is 5.10. The number of hydrazine groups is 1. The van der Waals surface area contributed by atoms with Gasteiger partial charge in [0.2, 0.25) is 0 Å². The van der Waals surface area contributed by atoms with Gasteiger partial charge in [-0.3, -0.25) is 19.9 Å². The molecule has 2 fully saturated rings. The highest BCUT2D eigenvalue weighted by Gasteiger charge is 2.52. The van der Waals surface area contributed by atoms with Crippen molar-refractivity contribution >= 4 is 29.2 Å². The Balaban J connectivity index is 1.46. The van der Waals surface area contributed by atoms with Crippen molar-refractivity contribution in [3.05, 3.63) is 58.3 Å². The second kappa shape index (κ2) is 7.96. The van der Waals surface area contributed by atoms with Crippen molar-refractivity contribution < 1.29 is 14.4 Å². The topological polar surface area (TPSA) is 81.8 Å². The van der Waals surface area contributed by atoms with Crippen LogP contribution in [0, 0.1) is 0 Å². The van der Waals surface area contributed by atoms with Crippen LogP contribution in [0.5, 0.6) is 0 Å². The van der Waals surface area contributed by atoms with E-state index in [0.29, 0.717) is 12.0 Å². The third kappa shape index (κ3) is 3.54. The number of amides is 4. The summed E-state index contributed by atoms with van der Waals surface area (Å²) in [7, 11) is 0. The van der Waals surface area contributed by atoms with Crippen molar-refractivity contribution in [3.63, 3.8) is 0 Å². The zero-order valence-electron chi connectivity index (χ0n) is 16.3. The van der Waals surface area contributed by atoms with Crippen LogP contribution < -0.4 is 10.7 Å². The molecule has 0 aliphatic carbocycles. The molecule has 0 radical (unpaired) electrons. The van der Waals surface area contributed by atoms with Gasteiger partial charge in [-0.1, -0.05) is 43.3 Å². The number of carbonyl (C=O) groups is 3. The maximum absolute atomic E-state index is 13.1. The molecule has 1 aromatic heterocycles. The number of likely N-dealkylation sites (tertiary alicyclic amines) is 1. The average molecular weight is 413 g/mol. The molecule has 0 bridgehead atoms. The maximum Gasteiger partial charge on any atom is 0.344 e. The molecule has 4 rings (SSSR count). The summed E-state index contributed by atoms with van der Waals surface area (Å²) >= 11 is 1.68. The van der Waals surface area contributed by atoms with Crippen LogP contribution in [0.25, 0.3) is 0 Å². The Morgan fingerprint density at radius 1 is 1.24 bits per heavy atom. The van der Waals surface area contributed by atoms with Gasteiger partial charge in [-0.2, -0.15) is 5.01 Å². The van der Waals surface area contributed by atoms with Gasteiger partial charge >= 0.3 is 6.03 Å². The van der Waals surface area contributed by atoms with Crippen LogP contribution >= 0.6 is 11.3 Å². The summed E-state index contributed by atoms with van der Waals surface area (Å²) in [6.07, 6.45) is 2.41. The van der Waals surface area contributed by atoms with Crippen LogP contribution in [0.1, 0.15) is 42.7 Å². The lowest BCUT2D eigenvalue weighted by molar-refractivity contribution is -0.140. The van der Waals surface area contributed by atoms with E-state index in [1.807, 2.05) is 48.7 Å². The number of carbonyl (C=O) groups excluding carboxylic acids is 3. The molecule has 1 aromatic carbocycles. The molecule has 4 amide bonds. The molecule has 7 nitrogen and oxygen atoms in total. The second-order valence-corrected chi connectivity index (χ2v) is 8.35. The number of thiophene rings is 1. The first-order chi connectivity index (χ1) is 14.0. The predicted molar refractivity (Wildman–Crippen MR) is 110 cm³/mol. The molecule has 29 heavy (non-hydrogen) atoms. The molecule has 2 saturated heterocycles. The molecule has 0 saturated carbocycles. The molecule has 2 aliphatic heterocycles. The summed E-state index contributed by atoms with van der Waals surface area (Å²) in [6.45, 7) is 2.80. The standard InChI is InChI=1S/C21H24N4O3S/c1-2-21(15-8-4-3-5-9-15)19(27)25(20(28)22-21)23-18(26)14-24-12-6-10-16(24)17-11-7-13-29-17/h3-5,7-9,11,13,16H,2,6,10,12,14H2,1H3,(H,22,28)(H,23,26)/t16-,21-/m0/s1. The molecule has 2 atom stereocenters. The maximum atomic E-state index is 13.1. The van der Waals surface area contributed by atoms with Crippen molar-refractivity contribution in [3.8, 4) is 0 Å². The summed E-state index contributed by atoms with van der Waals surface area (Å²) in [5.74, 6) is -0.822. The van der Waals surface area contributed by atoms with Gasteiger partial charge in [-0.15, -0.1) is 11.3 Å². The van der Waals surface area contributed by atoms with E-state index in [0.717, 1.165) is 24.4 Å². The Bertz CT molecular complexity index is 902. The van der Waals surface area contributed by atoms with Gasteiger partial charge in [-0.25, -0.2) is 4.79 Å². The highest BCUT2D eigenvalue weighted by molar-refractivity contribution is 7.10. The summed E-state index contributed by atoms with van der Waals surface area (Å²) in [4.78, 5) is 41.6. The predicted octanol–water partition coefficient (Wildman–Crippen LogP) is 2.77. The normalized spacial score (nSPS) is 24.7. The van der Waals surface area contributed by atoms with Gasteiger partial charge in [0.15, 0.2) is 0 Å². The smallest absolute Gasteiger partial charge is 0.318 e. The number of hydrogen-bond donors (Lipinski definition) is 2. The monoisotopic (exact) mass is 412 g/mol. The van der Waals surface area contributed by atoms with Crippen molar-refractivity contribution in [2.24, 2.45) is 0 Å².